The smallest absolute Gasteiger partial charge is 0.330 e. The van der Waals surface area contributed by atoms with Gasteiger partial charge in [0.1, 0.15) is 0 Å². The van der Waals surface area contributed by atoms with E-state index >= 15 is 0 Å². The van der Waals surface area contributed by atoms with E-state index in [1.165, 1.54) is 12.8 Å². The van der Waals surface area contributed by atoms with E-state index in [4.69, 9.17) is 5.11 Å². The Kier molecular flexibility index (Phi) is 7.30. The summed E-state index contributed by atoms with van der Waals surface area (Å²) in [6.07, 6.45) is 5.31. The number of carbonyl (C=O) groups is 1. The van der Waals surface area contributed by atoms with Crippen molar-refractivity contribution < 1.29 is 9.90 Å². The van der Waals surface area contributed by atoms with Crippen LogP contribution in [0, 0.1) is 0 Å². The molecule has 0 atom stereocenters. The number of hydrogen-bond acceptors (Lipinski definition) is 2. The molecule has 3 nitrogen and oxygen atoms in total. The molecule has 0 heterocycles. The monoisotopic (exact) mass is 185 g/mol. The minimum atomic E-state index is -0.838. The van der Waals surface area contributed by atoms with Crippen molar-refractivity contribution >= 4 is 5.97 Å². The Hall–Kier alpha value is -0.830. The minimum absolute atomic E-state index is 0.406. The molecular formula is C10H19NO2. The first-order valence-corrected chi connectivity index (χ1v) is 4.79. The van der Waals surface area contributed by atoms with E-state index in [-0.39, 0.29) is 0 Å². The molecule has 0 aliphatic heterocycles. The Morgan fingerprint density at radius 1 is 1.46 bits per heavy atom. The lowest BCUT2D eigenvalue weighted by atomic mass is 10.2. The van der Waals surface area contributed by atoms with Gasteiger partial charge in [0, 0.05) is 12.1 Å². The second kappa shape index (κ2) is 7.80. The second-order valence-corrected chi connectivity index (χ2v) is 3.10. The van der Waals surface area contributed by atoms with Crippen LogP contribution in [0.4, 0.5) is 0 Å². The van der Waals surface area contributed by atoms with Gasteiger partial charge in [-0.3, -0.25) is 0 Å². The summed E-state index contributed by atoms with van der Waals surface area (Å²) in [4.78, 5) is 10.4. The van der Waals surface area contributed by atoms with Crippen LogP contribution in [0.1, 0.15) is 33.1 Å². The van der Waals surface area contributed by atoms with Gasteiger partial charge in [-0.25, -0.2) is 4.79 Å². The van der Waals surface area contributed by atoms with Crippen LogP contribution in [0.25, 0.3) is 0 Å². The Balaban J connectivity index is 3.34. The van der Waals surface area contributed by atoms with E-state index in [0.29, 0.717) is 12.1 Å². The molecule has 76 valence electrons. The molecule has 0 saturated carbocycles. The molecule has 0 radical (unpaired) electrons. The van der Waals surface area contributed by atoms with Gasteiger partial charge in [-0.15, -0.1) is 0 Å². The highest BCUT2D eigenvalue weighted by Crippen LogP contribution is 1.92. The average Bonchev–Trinajstić information content (AvgIpc) is 2.10. The highest BCUT2D eigenvalue weighted by molar-refractivity contribution is 5.85. The van der Waals surface area contributed by atoms with Gasteiger partial charge in [0.05, 0.1) is 0 Å². The molecular weight excluding hydrogens is 166 g/mol. The summed E-state index contributed by atoms with van der Waals surface area (Å²) in [5.74, 6) is -0.838. The summed E-state index contributed by atoms with van der Waals surface area (Å²) in [7, 11) is 0. The van der Waals surface area contributed by atoms with Gasteiger partial charge in [-0.1, -0.05) is 25.8 Å². The van der Waals surface area contributed by atoms with Gasteiger partial charge in [0.2, 0.25) is 0 Å². The molecule has 0 saturated heterocycles. The second-order valence-electron chi connectivity index (χ2n) is 3.10. The fraction of sp³-hybridized carbons (Fsp3) is 0.700. The first kappa shape index (κ1) is 12.2. The summed E-state index contributed by atoms with van der Waals surface area (Å²) >= 11 is 0. The van der Waals surface area contributed by atoms with Crippen molar-refractivity contribution in [2.45, 2.75) is 33.1 Å². The molecule has 0 unspecified atom stereocenters. The van der Waals surface area contributed by atoms with E-state index in [2.05, 4.69) is 12.2 Å². The van der Waals surface area contributed by atoms with Gasteiger partial charge in [-0.2, -0.15) is 0 Å². The molecule has 0 spiro atoms. The molecule has 0 aromatic heterocycles. The van der Waals surface area contributed by atoms with Crippen LogP contribution in [0.3, 0.4) is 0 Å². The zero-order valence-corrected chi connectivity index (χ0v) is 8.47. The van der Waals surface area contributed by atoms with Gasteiger partial charge in [0.15, 0.2) is 0 Å². The summed E-state index contributed by atoms with van der Waals surface area (Å²) in [5.41, 5.74) is 0.406. The average molecular weight is 185 g/mol. The first-order valence-electron chi connectivity index (χ1n) is 4.79. The number of unbranched alkanes of at least 4 members (excludes halogenated alkanes) is 2. The third-order valence-electron chi connectivity index (χ3n) is 1.85. The standard InChI is InChI=1S/C10H19NO2/c1-3-4-5-7-11-8-6-9(2)10(12)13/h6,11H,3-5,7-8H2,1-2H3,(H,12,13). The van der Waals surface area contributed by atoms with Crippen LogP contribution in [0.15, 0.2) is 11.6 Å². The maximum Gasteiger partial charge on any atom is 0.330 e. The van der Waals surface area contributed by atoms with Crippen LogP contribution in [0.5, 0.6) is 0 Å². The highest BCUT2D eigenvalue weighted by Gasteiger charge is 1.96. The Morgan fingerprint density at radius 3 is 2.69 bits per heavy atom. The van der Waals surface area contributed by atoms with Gasteiger partial charge in [-0.05, 0) is 19.9 Å². The molecule has 2 N–H and O–H groups in total. The normalized spacial score (nSPS) is 11.7. The Labute approximate surface area is 79.8 Å². The molecule has 0 aromatic rings. The molecule has 0 aliphatic rings. The van der Waals surface area contributed by atoms with E-state index in [1.807, 2.05) is 0 Å². The zero-order valence-electron chi connectivity index (χ0n) is 8.47. The lowest BCUT2D eigenvalue weighted by Gasteiger charge is -2.00. The van der Waals surface area contributed by atoms with Crippen molar-refractivity contribution in [1.82, 2.24) is 5.32 Å². The Bertz CT molecular complexity index is 176. The number of aliphatic carboxylic acids is 1. The molecule has 0 fully saturated rings. The summed E-state index contributed by atoms with van der Waals surface area (Å²) < 4.78 is 0. The fourth-order valence-electron chi connectivity index (χ4n) is 0.915. The van der Waals surface area contributed by atoms with E-state index in [9.17, 15) is 4.79 Å². The highest BCUT2D eigenvalue weighted by atomic mass is 16.4. The predicted molar refractivity (Wildman–Crippen MR) is 53.8 cm³/mol. The molecule has 0 aliphatic carbocycles. The summed E-state index contributed by atoms with van der Waals surface area (Å²) in [6, 6.07) is 0. The fourth-order valence-corrected chi connectivity index (χ4v) is 0.915. The van der Waals surface area contributed by atoms with Crippen LogP contribution in [0.2, 0.25) is 0 Å². The molecule has 0 amide bonds. The largest absolute Gasteiger partial charge is 0.478 e. The van der Waals surface area contributed by atoms with E-state index in [0.717, 1.165) is 13.0 Å². The third-order valence-corrected chi connectivity index (χ3v) is 1.85. The lowest BCUT2D eigenvalue weighted by Crippen LogP contribution is -2.15. The van der Waals surface area contributed by atoms with Crippen molar-refractivity contribution in [3.8, 4) is 0 Å². The Morgan fingerprint density at radius 2 is 2.15 bits per heavy atom. The van der Waals surface area contributed by atoms with Crippen molar-refractivity contribution in [2.75, 3.05) is 13.1 Å². The number of nitrogens with one attached hydrogen (secondary N) is 1. The summed E-state index contributed by atoms with van der Waals surface area (Å²) in [6.45, 7) is 5.39. The minimum Gasteiger partial charge on any atom is -0.478 e. The predicted octanol–water partition coefficient (Wildman–Crippen LogP) is 1.80. The number of rotatable bonds is 7. The van der Waals surface area contributed by atoms with Crippen molar-refractivity contribution in [2.24, 2.45) is 0 Å². The molecule has 0 rings (SSSR count). The molecule has 3 heteroatoms. The quantitative estimate of drug-likeness (QED) is 0.469. The number of carboxylic acid groups (broad SMARTS) is 1. The number of hydrogen-bond donors (Lipinski definition) is 2. The number of carboxylic acids is 1. The van der Waals surface area contributed by atoms with E-state index in [1.54, 1.807) is 13.0 Å². The maximum atomic E-state index is 10.4. The third kappa shape index (κ3) is 7.53. The van der Waals surface area contributed by atoms with Crippen molar-refractivity contribution in [3.05, 3.63) is 11.6 Å². The zero-order chi connectivity index (χ0) is 10.1. The molecule has 0 bridgehead atoms. The van der Waals surface area contributed by atoms with Crippen LogP contribution in [-0.2, 0) is 4.79 Å². The topological polar surface area (TPSA) is 49.3 Å². The first-order chi connectivity index (χ1) is 6.18. The van der Waals surface area contributed by atoms with Gasteiger partial charge < -0.3 is 10.4 Å². The summed E-state index contributed by atoms with van der Waals surface area (Å²) in [5, 5.41) is 11.7. The molecule has 0 aromatic carbocycles. The van der Waals surface area contributed by atoms with Crippen LogP contribution >= 0.6 is 0 Å². The van der Waals surface area contributed by atoms with Crippen molar-refractivity contribution in [3.63, 3.8) is 0 Å². The maximum absolute atomic E-state index is 10.4. The van der Waals surface area contributed by atoms with Crippen molar-refractivity contribution in [1.29, 1.82) is 0 Å². The SMILES string of the molecule is CCCCCNCC=C(C)C(=O)O. The van der Waals surface area contributed by atoms with Gasteiger partial charge >= 0.3 is 5.97 Å². The van der Waals surface area contributed by atoms with Crippen LogP contribution < -0.4 is 5.32 Å². The lowest BCUT2D eigenvalue weighted by molar-refractivity contribution is -0.132. The van der Waals surface area contributed by atoms with Crippen LogP contribution in [-0.4, -0.2) is 24.2 Å². The van der Waals surface area contributed by atoms with E-state index < -0.39 is 5.97 Å². The molecule has 13 heavy (non-hydrogen) atoms. The van der Waals surface area contributed by atoms with Gasteiger partial charge in [0.25, 0.3) is 0 Å².